The highest BCUT2D eigenvalue weighted by Gasteiger charge is 2.50. The lowest BCUT2D eigenvalue weighted by Crippen LogP contribution is -2.38. The van der Waals surface area contributed by atoms with Gasteiger partial charge in [-0.05, 0) is 206 Å². The molecule has 6 unspecified atom stereocenters. The number of benzene rings is 7. The van der Waals surface area contributed by atoms with E-state index in [1.54, 1.807) is 53.9 Å². The monoisotopic (exact) mass is 1580 g/mol. The fourth-order valence-electron chi connectivity index (χ4n) is 9.71. The van der Waals surface area contributed by atoms with Gasteiger partial charge in [0.25, 0.3) is 0 Å². The van der Waals surface area contributed by atoms with Gasteiger partial charge in [0, 0.05) is 10.0 Å². The number of esters is 1. The third kappa shape index (κ3) is 42.9. The number of alkyl halides is 4. The van der Waals surface area contributed by atoms with E-state index in [1.165, 1.54) is 104 Å². The first kappa shape index (κ1) is 111. The highest BCUT2D eigenvalue weighted by Crippen LogP contribution is 2.43. The summed E-state index contributed by atoms with van der Waals surface area (Å²) < 4.78 is 44.2. The Morgan fingerprint density at radius 2 is 0.886 bits per heavy atom. The minimum absolute atomic E-state index is 0.0561. The van der Waals surface area contributed by atoms with Crippen LogP contribution in [0.2, 0.25) is 10.0 Å². The van der Waals surface area contributed by atoms with Crippen molar-refractivity contribution in [2.45, 2.75) is 317 Å². The van der Waals surface area contributed by atoms with Crippen molar-refractivity contribution >= 4 is 62.5 Å². The molecule has 1 aliphatic carbocycles. The van der Waals surface area contributed by atoms with Crippen LogP contribution < -0.4 is 0 Å². The normalized spacial score (nSPS) is 12.7. The predicted molar refractivity (Wildman–Crippen MR) is 467 cm³/mol. The molecule has 0 aromatic heterocycles. The summed E-state index contributed by atoms with van der Waals surface area (Å²) >= 11 is 21.4. The first-order chi connectivity index (χ1) is 50.0. The van der Waals surface area contributed by atoms with Crippen molar-refractivity contribution in [3.05, 3.63) is 246 Å². The Hall–Kier alpha value is -5.22. The van der Waals surface area contributed by atoms with Gasteiger partial charge < -0.3 is 9.84 Å². The van der Waals surface area contributed by atoms with Crippen molar-refractivity contribution in [1.29, 1.82) is 0 Å². The number of rotatable bonds is 17. The molecule has 6 atom stereocenters. The molecule has 1 aliphatic rings. The topological polar surface area (TPSA) is 63.6 Å². The number of aliphatic hydroxyl groups excluding tert-OH is 1. The quantitative estimate of drug-likeness (QED) is 0.0561. The number of ether oxygens (including phenoxy) is 1. The Morgan fingerprint density at radius 1 is 0.467 bits per heavy atom. The van der Waals surface area contributed by atoms with Crippen LogP contribution in [0.15, 0.2) is 174 Å². The molecule has 0 fully saturated rings. The van der Waals surface area contributed by atoms with E-state index >= 15 is 0 Å². The van der Waals surface area contributed by atoms with Crippen LogP contribution in [0.3, 0.4) is 0 Å². The van der Waals surface area contributed by atoms with E-state index in [9.17, 15) is 22.8 Å². The van der Waals surface area contributed by atoms with Crippen LogP contribution in [0.1, 0.15) is 353 Å². The SMILES string of the molecule is CC.CC.CC.CC.CC.CC.CC.CCC(C)(C)c1ccccc1.CCC(C)(Cl)c1ccccc1.CCC(C)(c1ccccc1)C(F)(F)F.CCC(C)c1cc(C(=O)CO)cc(C(=O)OC)c1.CCC(C)c1ccc(Cl)c(Cl)c1.CCC(C)c1cccc(Br)c1.CCC(C)c1cccc2c1CCCC2. The van der Waals surface area contributed by atoms with Gasteiger partial charge in [-0.1, -0.05) is 353 Å². The number of halogens is 7. The van der Waals surface area contributed by atoms with Crippen LogP contribution in [-0.2, 0) is 33.3 Å². The molecule has 0 aliphatic heterocycles. The Morgan fingerprint density at radius 3 is 1.29 bits per heavy atom. The van der Waals surface area contributed by atoms with Crippen LogP contribution in [0.25, 0.3) is 0 Å². The smallest absolute Gasteiger partial charge is 0.398 e. The minimum atomic E-state index is -4.19. The average Bonchev–Trinajstić information content (AvgIpc) is 0.794. The van der Waals surface area contributed by atoms with E-state index in [1.807, 2.05) is 154 Å². The van der Waals surface area contributed by atoms with Gasteiger partial charge in [0.05, 0.1) is 33.0 Å². The molecule has 0 amide bonds. The minimum Gasteiger partial charge on any atom is -0.465 e. The molecule has 0 saturated heterocycles. The van der Waals surface area contributed by atoms with E-state index in [4.69, 9.17) is 39.9 Å². The number of Topliss-reactive ketones (excluding diaryl/α,β-unsaturated/α-hetero) is 1. The maximum absolute atomic E-state index is 12.8. The summed E-state index contributed by atoms with van der Waals surface area (Å²) in [6, 6.07) is 55.0. The summed E-state index contributed by atoms with van der Waals surface area (Å²) in [5.41, 5.74) is 10.7. The number of aliphatic hydroxyl groups is 1. The lowest BCUT2D eigenvalue weighted by atomic mass is 9.79. The first-order valence-corrected chi connectivity index (χ1v) is 41.5. The van der Waals surface area contributed by atoms with E-state index in [2.05, 4.69) is 175 Å². The van der Waals surface area contributed by atoms with Gasteiger partial charge in [-0.2, -0.15) is 13.2 Å². The Kier molecular flexibility index (Phi) is 69.4. The molecule has 0 bridgehead atoms. The number of carbonyl (C=O) groups excluding carboxylic acids is 2. The van der Waals surface area contributed by atoms with Crippen molar-refractivity contribution in [1.82, 2.24) is 0 Å². The van der Waals surface area contributed by atoms with E-state index in [0.29, 0.717) is 44.0 Å². The molecule has 4 nitrogen and oxygen atoms in total. The highest BCUT2D eigenvalue weighted by molar-refractivity contribution is 9.10. The van der Waals surface area contributed by atoms with Crippen molar-refractivity contribution in [2.75, 3.05) is 13.7 Å². The molecule has 11 heteroatoms. The predicted octanol–water partition coefficient (Wildman–Crippen LogP) is 32.7. The molecule has 8 rings (SSSR count). The lowest BCUT2D eigenvalue weighted by Gasteiger charge is -2.31. The van der Waals surface area contributed by atoms with E-state index in [-0.39, 0.29) is 17.2 Å². The second-order valence-electron chi connectivity index (χ2n) is 24.6. The highest BCUT2D eigenvalue weighted by atomic mass is 79.9. The van der Waals surface area contributed by atoms with Gasteiger partial charge in [-0.25, -0.2) is 4.79 Å². The Bertz CT molecular complexity index is 3100. The zero-order valence-corrected chi connectivity index (χ0v) is 75.1. The summed E-state index contributed by atoms with van der Waals surface area (Å²) in [6.07, 6.45) is 7.90. The van der Waals surface area contributed by atoms with Gasteiger partial charge >= 0.3 is 12.1 Å². The molecule has 0 radical (unpaired) electrons. The largest absolute Gasteiger partial charge is 0.465 e. The first-order valence-electron chi connectivity index (χ1n) is 39.6. The van der Waals surface area contributed by atoms with Crippen LogP contribution in [0, 0.1) is 0 Å². The third-order valence-electron chi connectivity index (χ3n) is 18.0. The maximum atomic E-state index is 12.8. The molecule has 0 spiro atoms. The number of hydrogen-bond donors (Lipinski definition) is 1. The van der Waals surface area contributed by atoms with Crippen LogP contribution >= 0.6 is 50.7 Å². The molecular weight excluding hydrogens is 1440 g/mol. The fourth-order valence-corrected chi connectivity index (χ4v) is 10.6. The van der Waals surface area contributed by atoms with Crippen molar-refractivity contribution < 1.29 is 32.6 Å². The molecule has 0 saturated carbocycles. The molecule has 0 heterocycles. The van der Waals surface area contributed by atoms with Gasteiger partial charge in [-0.3, -0.25) is 4.79 Å². The van der Waals surface area contributed by atoms with Gasteiger partial charge in [-0.15, -0.1) is 11.6 Å². The lowest BCUT2D eigenvalue weighted by molar-refractivity contribution is -0.186. The zero-order valence-electron chi connectivity index (χ0n) is 71.3. The third-order valence-corrected chi connectivity index (χ3v) is 19.7. The number of hydrogen-bond acceptors (Lipinski definition) is 4. The van der Waals surface area contributed by atoms with E-state index < -0.39 is 30.0 Å². The molecule has 7 aromatic carbocycles. The molecule has 7 aromatic rings. The Labute approximate surface area is 666 Å². The number of fused-ring (bicyclic) bond motifs is 1. The zero-order chi connectivity index (χ0) is 82.5. The van der Waals surface area contributed by atoms with Crippen molar-refractivity contribution in [3.8, 4) is 0 Å². The van der Waals surface area contributed by atoms with Crippen LogP contribution in [-0.4, -0.2) is 36.8 Å². The Balaban J connectivity index is -0.000000266. The second kappa shape index (κ2) is 65.8. The second-order valence-corrected chi connectivity index (χ2v) is 27.2. The molecular formula is C94H147BrCl3F3O4. The van der Waals surface area contributed by atoms with Crippen molar-refractivity contribution in [2.24, 2.45) is 0 Å². The van der Waals surface area contributed by atoms with Crippen LogP contribution in [0.4, 0.5) is 13.2 Å². The maximum Gasteiger partial charge on any atom is 0.398 e. The molecule has 596 valence electrons. The standard InChI is InChI=1S/C14H18O4.C14H20.C11H13F3.C11H16.C10H13Br.C10H12Cl2.C10H13Cl.7C2H6/c1-4-9(2)10-5-11(13(16)8-15)7-12(6-10)14(17)18-3;1-3-11(2)13-10-6-8-12-7-4-5-9-14(12)13;1-3-10(2,11(12,13)14)9-7-5-4-6-8-9;1-4-11(2,3)10-8-6-5-7-9-10;1-3-8(2)9-5-4-6-10(11)7-9;1-3-7(2)8-4-5-9(11)10(12)6-8;1-3-10(2,11)9-7-5-4-6-8-9;7*1-2/h5-7,9,15H,4,8H2,1-3H3;6,8,10-11H,3-5,7,9H2,1-2H3;4-8H,3H2,1-2H3;5-9H,4H2,1-3H3;4-8H,3H2,1-2H3;4-7H,3H2,1-2H3;4-8H,3H2,1-2H3;7*1-2H3. The molecule has 1 N–H and O–H groups in total. The fraction of sp³-hybridized carbons (Fsp3) is 0.532. The van der Waals surface area contributed by atoms with Gasteiger partial charge in [0.15, 0.2) is 5.78 Å². The summed E-state index contributed by atoms with van der Waals surface area (Å²) in [5.74, 6) is 1.33. The number of aryl methyl sites for hydroxylation is 1. The van der Waals surface area contributed by atoms with Crippen molar-refractivity contribution in [3.63, 3.8) is 0 Å². The van der Waals surface area contributed by atoms with E-state index in [0.717, 1.165) is 30.7 Å². The summed E-state index contributed by atoms with van der Waals surface area (Å²) in [4.78, 5) is 22.9. The number of methoxy groups -OCH3 is 1. The average molecular weight is 1580 g/mol. The number of carbonyl (C=O) groups is 2. The molecule has 105 heavy (non-hydrogen) atoms. The summed E-state index contributed by atoms with van der Waals surface area (Å²) in [7, 11) is 1.30. The van der Waals surface area contributed by atoms with Crippen LogP contribution in [0.5, 0.6) is 0 Å². The van der Waals surface area contributed by atoms with Gasteiger partial charge in [0.2, 0.25) is 0 Å². The van der Waals surface area contributed by atoms with Gasteiger partial charge in [0.1, 0.15) is 6.61 Å². The summed E-state index contributed by atoms with van der Waals surface area (Å²) in [6.45, 7) is 58.7. The number of ketones is 1. The summed E-state index contributed by atoms with van der Waals surface area (Å²) in [5, 5.41) is 10.2.